The second kappa shape index (κ2) is 6.29. The summed E-state index contributed by atoms with van der Waals surface area (Å²) in [5.41, 5.74) is 3.52. The summed E-state index contributed by atoms with van der Waals surface area (Å²) in [6.07, 6.45) is 9.69. The first kappa shape index (κ1) is 16.2. The minimum Gasteiger partial charge on any atom is -0.384 e. The first-order chi connectivity index (χ1) is 13.2. The summed E-state index contributed by atoms with van der Waals surface area (Å²) in [4.78, 5) is 19.7. The fourth-order valence-corrected chi connectivity index (χ4v) is 4.36. The van der Waals surface area contributed by atoms with Crippen LogP contribution in [0.25, 0.3) is 11.0 Å². The maximum Gasteiger partial charge on any atom is 0.269 e. The predicted octanol–water partition coefficient (Wildman–Crippen LogP) is 3.80. The fourth-order valence-electron chi connectivity index (χ4n) is 4.36. The average Bonchev–Trinajstić information content (AvgIpc) is 3.32. The van der Waals surface area contributed by atoms with Crippen LogP contribution in [-0.4, -0.2) is 31.2 Å². The second-order valence-electron chi connectivity index (χ2n) is 7.36. The van der Waals surface area contributed by atoms with Crippen LogP contribution in [-0.2, 0) is 0 Å². The van der Waals surface area contributed by atoms with Crippen molar-refractivity contribution in [3.63, 3.8) is 0 Å². The smallest absolute Gasteiger partial charge is 0.269 e. The highest BCUT2D eigenvalue weighted by molar-refractivity contribution is 5.79. The maximum atomic E-state index is 11.2. The van der Waals surface area contributed by atoms with Crippen molar-refractivity contribution in [2.75, 3.05) is 11.9 Å². The van der Waals surface area contributed by atoms with Crippen molar-refractivity contribution in [1.29, 1.82) is 0 Å². The molecular weight excluding hydrogens is 344 g/mol. The quantitative estimate of drug-likeness (QED) is 0.561. The van der Waals surface area contributed by atoms with Crippen LogP contribution < -0.4 is 5.32 Å². The van der Waals surface area contributed by atoms with E-state index in [1.165, 1.54) is 25.3 Å². The van der Waals surface area contributed by atoms with Crippen LogP contribution in [0.15, 0.2) is 30.7 Å². The number of hydrogen-bond donors (Lipinski definition) is 1. The van der Waals surface area contributed by atoms with Crippen LogP contribution >= 0.6 is 0 Å². The van der Waals surface area contributed by atoms with Crippen molar-refractivity contribution < 1.29 is 4.92 Å². The van der Waals surface area contributed by atoms with Crippen LogP contribution in [0.4, 0.5) is 11.4 Å². The van der Waals surface area contributed by atoms with E-state index < -0.39 is 0 Å². The Morgan fingerprint density at radius 3 is 2.85 bits per heavy atom. The lowest BCUT2D eigenvalue weighted by Gasteiger charge is -2.21. The molecule has 0 radical (unpaired) electrons. The molecule has 1 aromatic carbocycles. The Kier molecular flexibility index (Phi) is 3.77. The van der Waals surface area contributed by atoms with Gasteiger partial charge in [0.1, 0.15) is 6.33 Å². The number of nitro benzene ring substituents is 1. The highest BCUT2D eigenvalue weighted by atomic mass is 16.6. The molecule has 0 amide bonds. The van der Waals surface area contributed by atoms with E-state index in [0.29, 0.717) is 18.2 Å². The standard InChI is InChI=1S/C19H20N6O2/c26-25(27)13-6-7-17-14(8-13)15(9-20-17)18-16-10-24(12-4-2-1-3-5-12)23-19(16)22-11-21-18/h6-8,10-12,15,20H,1-5,9H2. The summed E-state index contributed by atoms with van der Waals surface area (Å²) in [6, 6.07) is 5.39. The Hall–Kier alpha value is -3.03. The van der Waals surface area contributed by atoms with Gasteiger partial charge >= 0.3 is 0 Å². The number of nitrogens with zero attached hydrogens (tertiary/aromatic N) is 5. The number of non-ortho nitro benzene ring substituents is 1. The van der Waals surface area contributed by atoms with E-state index in [9.17, 15) is 10.1 Å². The topological polar surface area (TPSA) is 98.8 Å². The zero-order valence-corrected chi connectivity index (χ0v) is 14.8. The van der Waals surface area contributed by atoms with Gasteiger partial charge in [-0.1, -0.05) is 19.3 Å². The van der Waals surface area contributed by atoms with E-state index in [-0.39, 0.29) is 16.5 Å². The lowest BCUT2D eigenvalue weighted by atomic mass is 9.95. The first-order valence-corrected chi connectivity index (χ1v) is 9.42. The van der Waals surface area contributed by atoms with Crippen molar-refractivity contribution >= 4 is 22.4 Å². The zero-order valence-electron chi connectivity index (χ0n) is 14.8. The largest absolute Gasteiger partial charge is 0.384 e. The normalized spacial score (nSPS) is 19.8. The lowest BCUT2D eigenvalue weighted by molar-refractivity contribution is -0.384. The van der Waals surface area contributed by atoms with Gasteiger partial charge in [0.2, 0.25) is 0 Å². The number of fused-ring (bicyclic) bond motifs is 2. The molecule has 0 spiro atoms. The molecule has 8 nitrogen and oxygen atoms in total. The molecule has 1 atom stereocenters. The van der Waals surface area contributed by atoms with Gasteiger partial charge in [-0.25, -0.2) is 9.97 Å². The highest BCUT2D eigenvalue weighted by Gasteiger charge is 2.29. The summed E-state index contributed by atoms with van der Waals surface area (Å²) in [5.74, 6) is -0.0468. The van der Waals surface area contributed by atoms with Crippen molar-refractivity contribution in [2.45, 2.75) is 44.1 Å². The van der Waals surface area contributed by atoms with Crippen LogP contribution in [0.5, 0.6) is 0 Å². The molecule has 3 aromatic rings. The summed E-state index contributed by atoms with van der Waals surface area (Å²) in [5, 5.41) is 20.2. The molecule has 1 aliphatic carbocycles. The molecule has 0 bridgehead atoms. The summed E-state index contributed by atoms with van der Waals surface area (Å²) in [6.45, 7) is 0.664. The predicted molar refractivity (Wildman–Crippen MR) is 101 cm³/mol. The molecule has 27 heavy (non-hydrogen) atoms. The summed E-state index contributed by atoms with van der Waals surface area (Å²) in [7, 11) is 0. The Bertz CT molecular complexity index is 1020. The van der Waals surface area contributed by atoms with Gasteiger partial charge in [0, 0.05) is 36.5 Å². The maximum absolute atomic E-state index is 11.2. The average molecular weight is 364 g/mol. The molecule has 1 N–H and O–H groups in total. The molecule has 1 unspecified atom stereocenters. The van der Waals surface area contributed by atoms with Crippen molar-refractivity contribution in [1.82, 2.24) is 19.7 Å². The monoisotopic (exact) mass is 364 g/mol. The van der Waals surface area contributed by atoms with Crippen molar-refractivity contribution in [3.05, 3.63) is 52.1 Å². The molecule has 3 heterocycles. The van der Waals surface area contributed by atoms with Gasteiger partial charge in [-0.3, -0.25) is 14.8 Å². The minimum atomic E-state index is -0.355. The number of anilines is 1. The number of rotatable bonds is 3. The Labute approximate surface area is 155 Å². The third kappa shape index (κ3) is 2.72. The number of aromatic nitrogens is 4. The Morgan fingerprint density at radius 2 is 2.04 bits per heavy atom. The number of benzene rings is 1. The highest BCUT2D eigenvalue weighted by Crippen LogP contribution is 2.39. The van der Waals surface area contributed by atoms with Crippen LogP contribution in [0.2, 0.25) is 0 Å². The number of nitrogens with one attached hydrogen (secondary N) is 1. The molecular formula is C19H20N6O2. The van der Waals surface area contributed by atoms with E-state index >= 15 is 0 Å². The molecule has 8 heteroatoms. The van der Waals surface area contributed by atoms with E-state index in [1.807, 2.05) is 0 Å². The van der Waals surface area contributed by atoms with Gasteiger partial charge in [-0.05, 0) is 24.5 Å². The van der Waals surface area contributed by atoms with Gasteiger partial charge in [0.25, 0.3) is 5.69 Å². The van der Waals surface area contributed by atoms with Gasteiger partial charge < -0.3 is 5.32 Å². The Morgan fingerprint density at radius 1 is 1.19 bits per heavy atom. The third-order valence-electron chi connectivity index (χ3n) is 5.76. The molecule has 2 aromatic heterocycles. The van der Waals surface area contributed by atoms with E-state index in [2.05, 4.69) is 26.2 Å². The molecule has 0 saturated heterocycles. The van der Waals surface area contributed by atoms with Gasteiger partial charge in [0.05, 0.1) is 22.0 Å². The first-order valence-electron chi connectivity index (χ1n) is 9.42. The van der Waals surface area contributed by atoms with Crippen LogP contribution in [0.1, 0.15) is 55.3 Å². The fraction of sp³-hybridized carbons (Fsp3) is 0.421. The molecule has 2 aliphatic rings. The van der Waals surface area contributed by atoms with Gasteiger partial charge in [0.15, 0.2) is 5.65 Å². The molecule has 1 fully saturated rings. The van der Waals surface area contributed by atoms with Crippen molar-refractivity contribution in [3.8, 4) is 0 Å². The molecule has 1 saturated carbocycles. The van der Waals surface area contributed by atoms with E-state index in [1.54, 1.807) is 18.5 Å². The molecule has 138 valence electrons. The minimum absolute atomic E-state index is 0.0468. The summed E-state index contributed by atoms with van der Waals surface area (Å²) >= 11 is 0. The number of hydrogen-bond acceptors (Lipinski definition) is 6. The van der Waals surface area contributed by atoms with Crippen LogP contribution in [0, 0.1) is 10.1 Å². The number of nitro groups is 1. The van der Waals surface area contributed by atoms with Crippen molar-refractivity contribution in [2.24, 2.45) is 0 Å². The zero-order chi connectivity index (χ0) is 18.4. The van der Waals surface area contributed by atoms with E-state index in [4.69, 9.17) is 5.10 Å². The molecule has 1 aliphatic heterocycles. The van der Waals surface area contributed by atoms with Crippen LogP contribution in [0.3, 0.4) is 0 Å². The summed E-state index contributed by atoms with van der Waals surface area (Å²) < 4.78 is 2.05. The van der Waals surface area contributed by atoms with Gasteiger partial charge in [-0.15, -0.1) is 0 Å². The Balaban J connectivity index is 1.57. The SMILES string of the molecule is O=[N+]([O-])c1ccc2c(c1)C(c1ncnc3nn(C4CCCCC4)cc13)CN2. The third-order valence-corrected chi connectivity index (χ3v) is 5.76. The van der Waals surface area contributed by atoms with E-state index in [0.717, 1.165) is 35.2 Å². The second-order valence-corrected chi connectivity index (χ2v) is 7.36. The van der Waals surface area contributed by atoms with Gasteiger partial charge in [-0.2, -0.15) is 5.10 Å². The molecule has 5 rings (SSSR count). The lowest BCUT2D eigenvalue weighted by Crippen LogP contribution is -2.13.